The molecule has 0 aliphatic heterocycles. The van der Waals surface area contributed by atoms with E-state index in [1.807, 2.05) is 0 Å². The van der Waals surface area contributed by atoms with Gasteiger partial charge in [0.2, 0.25) is 5.91 Å². The molecule has 1 atom stereocenters. The number of amides is 1. The molecular formula is C5H14IN3O. The van der Waals surface area contributed by atoms with Crippen molar-refractivity contribution in [1.82, 2.24) is 0 Å². The normalized spacial score (nSPS) is 11.8. The van der Waals surface area contributed by atoms with Crippen molar-refractivity contribution < 1.29 is 4.79 Å². The Morgan fingerprint density at radius 1 is 1.50 bits per heavy atom. The second-order valence-corrected chi connectivity index (χ2v) is 1.94. The van der Waals surface area contributed by atoms with Crippen molar-refractivity contribution in [2.45, 2.75) is 18.9 Å². The number of primary amides is 1. The summed E-state index contributed by atoms with van der Waals surface area (Å²) in [5.74, 6) is -0.455. The smallest absolute Gasteiger partial charge is 0.234 e. The van der Waals surface area contributed by atoms with Gasteiger partial charge in [0.05, 0.1) is 6.04 Å². The van der Waals surface area contributed by atoms with E-state index < -0.39 is 11.9 Å². The first-order valence-corrected chi connectivity index (χ1v) is 2.93. The molecular weight excluding hydrogens is 245 g/mol. The zero-order chi connectivity index (χ0) is 7.28. The highest BCUT2D eigenvalue weighted by molar-refractivity contribution is 14.0. The number of halogens is 1. The van der Waals surface area contributed by atoms with Crippen LogP contribution in [0.2, 0.25) is 0 Å². The van der Waals surface area contributed by atoms with Crippen molar-refractivity contribution in [3.63, 3.8) is 0 Å². The highest BCUT2D eigenvalue weighted by atomic mass is 127. The molecule has 0 bridgehead atoms. The summed E-state index contributed by atoms with van der Waals surface area (Å²) in [5.41, 5.74) is 15.3. The van der Waals surface area contributed by atoms with Gasteiger partial charge < -0.3 is 17.2 Å². The lowest BCUT2D eigenvalue weighted by Gasteiger charge is -2.03. The summed E-state index contributed by atoms with van der Waals surface area (Å²) in [6, 6.07) is -0.520. The average molecular weight is 259 g/mol. The maximum absolute atomic E-state index is 10.3. The van der Waals surface area contributed by atoms with Crippen LogP contribution in [0, 0.1) is 0 Å². The highest BCUT2D eigenvalue weighted by Crippen LogP contribution is 1.89. The van der Waals surface area contributed by atoms with E-state index >= 15 is 0 Å². The standard InChI is InChI=1S/C5H13N3O.HI/c6-3-1-2-4(7)5(8)9;/h4H,1-3,6-7H2,(H2,8,9);1H/t4-;/m0./s1. The fraction of sp³-hybridized carbons (Fsp3) is 0.800. The molecule has 0 aromatic carbocycles. The molecule has 0 radical (unpaired) electrons. The molecule has 0 aromatic heterocycles. The van der Waals surface area contributed by atoms with Crippen molar-refractivity contribution in [3.05, 3.63) is 0 Å². The fourth-order valence-electron chi connectivity index (χ4n) is 0.480. The topological polar surface area (TPSA) is 95.1 Å². The van der Waals surface area contributed by atoms with E-state index in [2.05, 4.69) is 0 Å². The minimum absolute atomic E-state index is 0. The predicted octanol–water partition coefficient (Wildman–Crippen LogP) is -0.844. The van der Waals surface area contributed by atoms with Gasteiger partial charge in [0.1, 0.15) is 0 Å². The Bertz CT molecular complexity index is 98.9. The number of carbonyl (C=O) groups is 1. The van der Waals surface area contributed by atoms with Gasteiger partial charge in [-0.3, -0.25) is 4.79 Å². The summed E-state index contributed by atoms with van der Waals surface area (Å²) in [6.07, 6.45) is 1.34. The quantitative estimate of drug-likeness (QED) is 0.574. The first-order chi connectivity index (χ1) is 4.18. The fourth-order valence-corrected chi connectivity index (χ4v) is 0.480. The molecule has 0 saturated heterocycles. The summed E-state index contributed by atoms with van der Waals surface area (Å²) in [7, 11) is 0. The summed E-state index contributed by atoms with van der Waals surface area (Å²) in [4.78, 5) is 10.3. The maximum atomic E-state index is 10.3. The SMILES string of the molecule is I.NCCC[C@H](N)C(N)=O. The molecule has 62 valence electrons. The van der Waals surface area contributed by atoms with Gasteiger partial charge in [-0.25, -0.2) is 0 Å². The van der Waals surface area contributed by atoms with Crippen molar-refractivity contribution in [2.24, 2.45) is 17.2 Å². The van der Waals surface area contributed by atoms with Crippen molar-refractivity contribution in [1.29, 1.82) is 0 Å². The van der Waals surface area contributed by atoms with Crippen LogP contribution in [0.1, 0.15) is 12.8 Å². The minimum Gasteiger partial charge on any atom is -0.368 e. The van der Waals surface area contributed by atoms with Crippen LogP contribution in [0.3, 0.4) is 0 Å². The Morgan fingerprint density at radius 3 is 2.30 bits per heavy atom. The third-order valence-electron chi connectivity index (χ3n) is 1.08. The van der Waals surface area contributed by atoms with E-state index in [1.54, 1.807) is 0 Å². The predicted molar refractivity (Wildman–Crippen MR) is 50.9 cm³/mol. The van der Waals surface area contributed by atoms with E-state index in [-0.39, 0.29) is 24.0 Å². The molecule has 0 rings (SSSR count). The number of rotatable bonds is 4. The number of nitrogens with two attached hydrogens (primary N) is 3. The Hall–Kier alpha value is 0.120. The third-order valence-corrected chi connectivity index (χ3v) is 1.08. The Labute approximate surface area is 77.5 Å². The van der Waals surface area contributed by atoms with Gasteiger partial charge in [0.15, 0.2) is 0 Å². The van der Waals surface area contributed by atoms with Crippen LogP contribution in [0.4, 0.5) is 0 Å². The largest absolute Gasteiger partial charge is 0.368 e. The molecule has 10 heavy (non-hydrogen) atoms. The Kier molecular flexibility index (Phi) is 9.23. The molecule has 4 nitrogen and oxygen atoms in total. The van der Waals surface area contributed by atoms with Crippen molar-refractivity contribution >= 4 is 29.9 Å². The molecule has 0 aromatic rings. The molecule has 0 unspecified atom stereocenters. The van der Waals surface area contributed by atoms with Gasteiger partial charge in [-0.1, -0.05) is 0 Å². The average Bonchev–Trinajstić information content (AvgIpc) is 1.82. The van der Waals surface area contributed by atoms with E-state index in [4.69, 9.17) is 17.2 Å². The van der Waals surface area contributed by atoms with Crippen LogP contribution in [0.25, 0.3) is 0 Å². The van der Waals surface area contributed by atoms with Crippen LogP contribution >= 0.6 is 24.0 Å². The molecule has 1 amide bonds. The molecule has 5 heteroatoms. The first kappa shape index (κ1) is 12.8. The van der Waals surface area contributed by atoms with E-state index in [0.717, 1.165) is 6.42 Å². The molecule has 0 aliphatic rings. The lowest BCUT2D eigenvalue weighted by molar-refractivity contribution is -0.119. The van der Waals surface area contributed by atoms with Crippen LogP contribution in [0.5, 0.6) is 0 Å². The second-order valence-electron chi connectivity index (χ2n) is 1.94. The second kappa shape index (κ2) is 7.23. The number of carbonyl (C=O) groups excluding carboxylic acids is 1. The Balaban J connectivity index is 0. The molecule has 6 N–H and O–H groups in total. The Morgan fingerprint density at radius 2 is 2.00 bits per heavy atom. The van der Waals surface area contributed by atoms with E-state index in [1.165, 1.54) is 0 Å². The van der Waals surface area contributed by atoms with Gasteiger partial charge in [-0.2, -0.15) is 0 Å². The molecule has 0 spiro atoms. The van der Waals surface area contributed by atoms with Crippen LogP contribution in [0.15, 0.2) is 0 Å². The summed E-state index contributed by atoms with van der Waals surface area (Å²) in [6.45, 7) is 0.557. The summed E-state index contributed by atoms with van der Waals surface area (Å²) < 4.78 is 0. The third kappa shape index (κ3) is 6.24. The molecule has 0 saturated carbocycles. The zero-order valence-electron chi connectivity index (χ0n) is 5.75. The van der Waals surface area contributed by atoms with Crippen molar-refractivity contribution in [2.75, 3.05) is 6.54 Å². The van der Waals surface area contributed by atoms with Gasteiger partial charge in [-0.15, -0.1) is 24.0 Å². The van der Waals surface area contributed by atoms with E-state index in [0.29, 0.717) is 13.0 Å². The molecule has 0 fully saturated rings. The monoisotopic (exact) mass is 259 g/mol. The number of hydrogen-bond donors (Lipinski definition) is 3. The summed E-state index contributed by atoms with van der Waals surface area (Å²) >= 11 is 0. The van der Waals surface area contributed by atoms with Crippen LogP contribution in [-0.4, -0.2) is 18.5 Å². The van der Waals surface area contributed by atoms with Gasteiger partial charge in [0, 0.05) is 0 Å². The number of hydrogen-bond acceptors (Lipinski definition) is 3. The van der Waals surface area contributed by atoms with Crippen LogP contribution < -0.4 is 17.2 Å². The lowest BCUT2D eigenvalue weighted by Crippen LogP contribution is -2.36. The van der Waals surface area contributed by atoms with Crippen molar-refractivity contribution in [3.8, 4) is 0 Å². The highest BCUT2D eigenvalue weighted by Gasteiger charge is 2.06. The maximum Gasteiger partial charge on any atom is 0.234 e. The van der Waals surface area contributed by atoms with Gasteiger partial charge in [0.25, 0.3) is 0 Å². The van der Waals surface area contributed by atoms with Gasteiger partial charge >= 0.3 is 0 Å². The summed E-state index contributed by atoms with van der Waals surface area (Å²) in [5, 5.41) is 0. The molecule has 0 heterocycles. The minimum atomic E-state index is -0.520. The first-order valence-electron chi connectivity index (χ1n) is 2.93. The van der Waals surface area contributed by atoms with Gasteiger partial charge in [-0.05, 0) is 19.4 Å². The van der Waals surface area contributed by atoms with E-state index in [9.17, 15) is 4.79 Å². The van der Waals surface area contributed by atoms with Crippen LogP contribution in [-0.2, 0) is 4.79 Å². The lowest BCUT2D eigenvalue weighted by atomic mass is 10.1. The zero-order valence-corrected chi connectivity index (χ0v) is 8.08. The molecule has 0 aliphatic carbocycles.